The van der Waals surface area contributed by atoms with Crippen LogP contribution in [-0.2, 0) is 0 Å². The van der Waals surface area contributed by atoms with Crippen LogP contribution >= 0.6 is 11.6 Å². The Kier molecular flexibility index (Phi) is 3.42. The predicted molar refractivity (Wildman–Crippen MR) is 41.7 cm³/mol. The highest BCUT2D eigenvalue weighted by Gasteiger charge is 2.11. The van der Waals surface area contributed by atoms with Crippen molar-refractivity contribution in [1.82, 2.24) is 0 Å². The van der Waals surface area contributed by atoms with Crippen LogP contribution in [0.15, 0.2) is 12.1 Å². The highest BCUT2D eigenvalue weighted by atomic mass is 35.5. The molecular formula is C8H5ClF3O. The number of halogens is 4. The Labute approximate surface area is 78.1 Å². The zero-order valence-corrected chi connectivity index (χ0v) is 7.12. The van der Waals surface area contributed by atoms with Crippen LogP contribution in [-0.4, -0.2) is 13.0 Å². The average Bonchev–Trinajstić information content (AvgIpc) is 2.03. The van der Waals surface area contributed by atoms with Crippen molar-refractivity contribution in [1.29, 1.82) is 0 Å². The molecule has 0 N–H and O–H groups in total. The summed E-state index contributed by atoms with van der Waals surface area (Å²) < 4.78 is 40.6. The molecule has 0 aliphatic rings. The summed E-state index contributed by atoms with van der Waals surface area (Å²) in [5.74, 6) is -1.25. The molecule has 0 atom stereocenters. The summed E-state index contributed by atoms with van der Waals surface area (Å²) in [6.45, 7) is -0.880. The van der Waals surface area contributed by atoms with Crippen LogP contribution < -0.4 is 4.74 Å². The summed E-state index contributed by atoms with van der Waals surface area (Å²) in [6.07, 6.45) is -2.66. The molecule has 5 heteroatoms. The van der Waals surface area contributed by atoms with Crippen LogP contribution in [0.4, 0.5) is 13.2 Å². The van der Waals surface area contributed by atoms with Gasteiger partial charge in [0.2, 0.25) is 0 Å². The number of hydrogen-bond acceptors (Lipinski definition) is 1. The van der Waals surface area contributed by atoms with Gasteiger partial charge in [0.25, 0.3) is 6.43 Å². The summed E-state index contributed by atoms with van der Waals surface area (Å²) in [7, 11) is 0. The molecule has 0 unspecified atom stereocenters. The van der Waals surface area contributed by atoms with Crippen molar-refractivity contribution in [3.63, 3.8) is 0 Å². The first-order chi connectivity index (χ1) is 6.11. The van der Waals surface area contributed by atoms with Crippen molar-refractivity contribution in [2.45, 2.75) is 6.43 Å². The molecule has 1 aromatic rings. The maximum atomic E-state index is 12.8. The highest BCUT2D eigenvalue weighted by Crippen LogP contribution is 2.26. The molecule has 0 fully saturated rings. The number of hydrogen-bond donors (Lipinski definition) is 0. The molecule has 0 aromatic heterocycles. The average molecular weight is 210 g/mol. The van der Waals surface area contributed by atoms with E-state index in [-0.39, 0.29) is 10.8 Å². The fraction of sp³-hybridized carbons (Fsp3) is 0.250. The molecule has 1 rings (SSSR count). The molecule has 13 heavy (non-hydrogen) atoms. The van der Waals surface area contributed by atoms with E-state index >= 15 is 0 Å². The number of benzene rings is 1. The SMILES string of the molecule is Fc1[c]ccc(Cl)c1OCC(F)F. The van der Waals surface area contributed by atoms with Crippen molar-refractivity contribution in [2.75, 3.05) is 6.61 Å². The predicted octanol–water partition coefficient (Wildman–Crippen LogP) is 2.92. The molecule has 0 aliphatic carbocycles. The Bertz CT molecular complexity index is 270. The van der Waals surface area contributed by atoms with E-state index in [9.17, 15) is 13.2 Å². The third-order valence-electron chi connectivity index (χ3n) is 1.21. The van der Waals surface area contributed by atoms with Gasteiger partial charge in [0.05, 0.1) is 5.02 Å². The molecule has 1 radical (unpaired) electrons. The van der Waals surface area contributed by atoms with E-state index in [1.54, 1.807) is 0 Å². The van der Waals surface area contributed by atoms with Crippen molar-refractivity contribution in [3.8, 4) is 5.75 Å². The maximum absolute atomic E-state index is 12.8. The molecule has 0 amide bonds. The number of alkyl halides is 2. The van der Waals surface area contributed by atoms with E-state index in [1.165, 1.54) is 12.1 Å². The molecular weight excluding hydrogens is 205 g/mol. The molecule has 0 saturated carbocycles. The van der Waals surface area contributed by atoms with E-state index in [0.29, 0.717) is 0 Å². The van der Waals surface area contributed by atoms with E-state index in [1.807, 2.05) is 0 Å². The molecule has 0 saturated heterocycles. The summed E-state index contributed by atoms with van der Waals surface area (Å²) in [5, 5.41) is -0.0445. The van der Waals surface area contributed by atoms with Crippen LogP contribution in [0.2, 0.25) is 5.02 Å². The first-order valence-corrected chi connectivity index (χ1v) is 3.75. The lowest BCUT2D eigenvalue weighted by molar-refractivity contribution is 0.0799. The topological polar surface area (TPSA) is 9.23 Å². The van der Waals surface area contributed by atoms with Crippen molar-refractivity contribution in [2.24, 2.45) is 0 Å². The van der Waals surface area contributed by atoms with E-state index in [2.05, 4.69) is 10.8 Å². The van der Waals surface area contributed by atoms with Crippen molar-refractivity contribution in [3.05, 3.63) is 29.0 Å². The second-order valence-electron chi connectivity index (χ2n) is 2.17. The van der Waals surface area contributed by atoms with Crippen LogP contribution in [0.5, 0.6) is 5.75 Å². The fourth-order valence-electron chi connectivity index (χ4n) is 0.713. The minimum atomic E-state index is -2.66. The van der Waals surface area contributed by atoms with E-state index in [4.69, 9.17) is 11.6 Å². The van der Waals surface area contributed by atoms with E-state index < -0.39 is 18.8 Å². The van der Waals surface area contributed by atoms with E-state index in [0.717, 1.165) is 0 Å². The van der Waals surface area contributed by atoms with Gasteiger partial charge < -0.3 is 4.74 Å². The minimum absolute atomic E-state index is 0.0445. The first-order valence-electron chi connectivity index (χ1n) is 3.38. The van der Waals surface area contributed by atoms with Gasteiger partial charge in [-0.25, -0.2) is 13.2 Å². The van der Waals surface area contributed by atoms with Crippen LogP contribution in [0.3, 0.4) is 0 Å². The molecule has 1 nitrogen and oxygen atoms in total. The van der Waals surface area contributed by atoms with Gasteiger partial charge in [-0.1, -0.05) is 11.6 Å². The lowest BCUT2D eigenvalue weighted by Gasteiger charge is -2.07. The third-order valence-corrected chi connectivity index (χ3v) is 1.51. The molecule has 1 aromatic carbocycles. The van der Waals surface area contributed by atoms with Gasteiger partial charge >= 0.3 is 0 Å². The van der Waals surface area contributed by atoms with Crippen LogP contribution in [0, 0.1) is 11.9 Å². The van der Waals surface area contributed by atoms with Crippen molar-refractivity contribution >= 4 is 11.6 Å². The van der Waals surface area contributed by atoms with Crippen molar-refractivity contribution < 1.29 is 17.9 Å². The zero-order valence-electron chi connectivity index (χ0n) is 6.36. The quantitative estimate of drug-likeness (QED) is 0.744. The van der Waals surface area contributed by atoms with Gasteiger partial charge in [0.15, 0.2) is 11.6 Å². The second kappa shape index (κ2) is 4.37. The molecule has 0 bridgehead atoms. The van der Waals surface area contributed by atoms with Gasteiger partial charge in [-0.15, -0.1) is 0 Å². The third kappa shape index (κ3) is 2.81. The monoisotopic (exact) mass is 209 g/mol. The summed E-state index contributed by atoms with van der Waals surface area (Å²) in [5.41, 5.74) is 0. The highest BCUT2D eigenvalue weighted by molar-refractivity contribution is 6.32. The van der Waals surface area contributed by atoms with Gasteiger partial charge in [0, 0.05) is 6.07 Å². The minimum Gasteiger partial charge on any atom is -0.483 e. The molecule has 71 valence electrons. The normalized spacial score (nSPS) is 10.5. The molecule has 0 spiro atoms. The van der Waals surface area contributed by atoms with Gasteiger partial charge in [0.1, 0.15) is 6.61 Å². The summed E-state index contributed by atoms with van der Waals surface area (Å²) >= 11 is 5.48. The van der Waals surface area contributed by atoms with Gasteiger partial charge in [-0.2, -0.15) is 0 Å². The zero-order chi connectivity index (χ0) is 9.84. The lowest BCUT2D eigenvalue weighted by atomic mass is 10.3. The largest absolute Gasteiger partial charge is 0.483 e. The van der Waals surface area contributed by atoms with Gasteiger partial charge in [-0.05, 0) is 12.1 Å². The van der Waals surface area contributed by atoms with Gasteiger partial charge in [-0.3, -0.25) is 0 Å². The van der Waals surface area contributed by atoms with Crippen LogP contribution in [0.1, 0.15) is 0 Å². The Morgan fingerprint density at radius 1 is 1.54 bits per heavy atom. The smallest absolute Gasteiger partial charge is 0.272 e. The number of rotatable bonds is 3. The molecule has 0 aliphatic heterocycles. The first kappa shape index (κ1) is 10.2. The Morgan fingerprint density at radius 2 is 2.23 bits per heavy atom. The molecule has 0 heterocycles. The Hall–Kier alpha value is -0.900. The summed E-state index contributed by atoms with van der Waals surface area (Å²) in [6, 6.07) is 4.70. The lowest BCUT2D eigenvalue weighted by Crippen LogP contribution is -2.08. The summed E-state index contributed by atoms with van der Waals surface area (Å²) in [4.78, 5) is 0. The Balaban J connectivity index is 2.75. The van der Waals surface area contributed by atoms with Crippen LogP contribution in [0.25, 0.3) is 0 Å². The number of ether oxygens (including phenoxy) is 1. The fourth-order valence-corrected chi connectivity index (χ4v) is 0.913. The second-order valence-corrected chi connectivity index (χ2v) is 2.58. The Morgan fingerprint density at radius 3 is 2.77 bits per heavy atom. The standard InChI is InChI=1S/C8H5ClF3O/c9-5-2-1-3-6(10)8(5)13-4-7(11)12/h1-2,7H,4H2. The maximum Gasteiger partial charge on any atom is 0.272 e.